The fourth-order valence-corrected chi connectivity index (χ4v) is 1.26. The number of hydrogen-bond donors (Lipinski definition) is 1. The highest BCUT2D eigenvalue weighted by Crippen LogP contribution is 2.27. The van der Waals surface area contributed by atoms with Gasteiger partial charge in [-0.1, -0.05) is 11.6 Å². The fraction of sp³-hybridized carbons (Fsp3) is 0.111. The van der Waals surface area contributed by atoms with E-state index in [1.807, 2.05) is 0 Å². The smallest absolute Gasteiger partial charge is 0.288 e. The van der Waals surface area contributed by atoms with Gasteiger partial charge in [0.05, 0.1) is 11.0 Å². The normalized spacial score (nSPS) is 9.25. The largest absolute Gasteiger partial charge is 0.325 e. The zero-order valence-corrected chi connectivity index (χ0v) is 8.69. The van der Waals surface area contributed by atoms with E-state index in [2.05, 4.69) is 5.32 Å². The van der Waals surface area contributed by atoms with Crippen molar-refractivity contribution in [2.45, 2.75) is 6.42 Å². The molecular weight excluding hydrogens is 234 g/mol. The van der Waals surface area contributed by atoms with Crippen molar-refractivity contribution in [3.8, 4) is 6.07 Å². The number of hydrogen-bond acceptors (Lipinski definition) is 4. The number of benzene rings is 1. The Balaban J connectivity index is 2.86. The van der Waals surface area contributed by atoms with E-state index >= 15 is 0 Å². The number of carbonyl (C=O) groups excluding carboxylic acids is 1. The number of nitriles is 1. The summed E-state index contributed by atoms with van der Waals surface area (Å²) in [5.74, 6) is -0.493. The first-order valence-electron chi connectivity index (χ1n) is 4.15. The van der Waals surface area contributed by atoms with Crippen molar-refractivity contribution in [2.75, 3.05) is 5.32 Å². The second-order valence-electron chi connectivity index (χ2n) is 2.81. The summed E-state index contributed by atoms with van der Waals surface area (Å²) in [5, 5.41) is 21.0. The van der Waals surface area contributed by atoms with Crippen molar-refractivity contribution in [1.29, 1.82) is 5.26 Å². The monoisotopic (exact) mass is 239 g/mol. The third-order valence-corrected chi connectivity index (χ3v) is 1.97. The van der Waals surface area contributed by atoms with Crippen LogP contribution in [0.4, 0.5) is 11.4 Å². The molecule has 0 saturated carbocycles. The number of rotatable bonds is 3. The predicted octanol–water partition coefficient (Wildman–Crippen LogP) is 2.10. The van der Waals surface area contributed by atoms with Crippen molar-refractivity contribution >= 4 is 28.9 Å². The van der Waals surface area contributed by atoms with E-state index in [9.17, 15) is 14.9 Å². The topological polar surface area (TPSA) is 96.0 Å². The number of nitro groups is 1. The average Bonchev–Trinajstić information content (AvgIpc) is 2.17. The van der Waals surface area contributed by atoms with Crippen molar-refractivity contribution < 1.29 is 9.72 Å². The minimum atomic E-state index is -0.622. The Labute approximate surface area is 95.6 Å². The Bertz CT molecular complexity index is 481. The summed E-state index contributed by atoms with van der Waals surface area (Å²) in [4.78, 5) is 20.9. The first-order valence-corrected chi connectivity index (χ1v) is 4.53. The Morgan fingerprint density at radius 2 is 2.31 bits per heavy atom. The van der Waals surface area contributed by atoms with Crippen molar-refractivity contribution in [2.24, 2.45) is 0 Å². The van der Waals surface area contributed by atoms with Gasteiger partial charge in [-0.2, -0.15) is 5.26 Å². The van der Waals surface area contributed by atoms with E-state index < -0.39 is 10.8 Å². The summed E-state index contributed by atoms with van der Waals surface area (Å²) in [6, 6.07) is 5.47. The van der Waals surface area contributed by atoms with Gasteiger partial charge in [0.25, 0.3) is 5.69 Å². The molecule has 0 heterocycles. The maximum Gasteiger partial charge on any atom is 0.288 e. The first kappa shape index (κ1) is 11.9. The van der Waals surface area contributed by atoms with E-state index in [1.54, 1.807) is 6.07 Å². The molecule has 0 radical (unpaired) electrons. The molecule has 0 saturated heterocycles. The number of nitrogens with zero attached hydrogens (tertiary/aromatic N) is 2. The second-order valence-corrected chi connectivity index (χ2v) is 3.21. The lowest BCUT2D eigenvalue weighted by atomic mass is 10.2. The lowest BCUT2D eigenvalue weighted by Gasteiger charge is -2.03. The van der Waals surface area contributed by atoms with Crippen molar-refractivity contribution in [3.05, 3.63) is 33.3 Å². The molecule has 0 unspecified atom stereocenters. The van der Waals surface area contributed by atoms with Crippen LogP contribution in [0.3, 0.4) is 0 Å². The number of amides is 1. The van der Waals surface area contributed by atoms with E-state index in [1.165, 1.54) is 18.2 Å². The summed E-state index contributed by atoms with van der Waals surface area (Å²) in [6.07, 6.45) is -0.283. The molecule has 1 N–H and O–H groups in total. The van der Waals surface area contributed by atoms with E-state index in [4.69, 9.17) is 16.9 Å². The molecule has 6 nitrogen and oxygen atoms in total. The maximum atomic E-state index is 11.0. The van der Waals surface area contributed by atoms with Gasteiger partial charge in [0, 0.05) is 11.8 Å². The predicted molar refractivity (Wildman–Crippen MR) is 57.0 cm³/mol. The van der Waals surface area contributed by atoms with E-state index in [0.29, 0.717) is 5.69 Å². The first-order chi connectivity index (χ1) is 7.54. The van der Waals surface area contributed by atoms with Crippen LogP contribution >= 0.6 is 11.6 Å². The molecule has 1 amide bonds. The molecular formula is C9H6ClN3O3. The Morgan fingerprint density at radius 1 is 1.62 bits per heavy atom. The highest BCUT2D eigenvalue weighted by atomic mass is 35.5. The minimum Gasteiger partial charge on any atom is -0.325 e. The van der Waals surface area contributed by atoms with Crippen LogP contribution in [-0.4, -0.2) is 10.8 Å². The van der Waals surface area contributed by atoms with Gasteiger partial charge >= 0.3 is 0 Å². The van der Waals surface area contributed by atoms with Gasteiger partial charge in [0.1, 0.15) is 11.4 Å². The molecule has 0 aliphatic rings. The van der Waals surface area contributed by atoms with Gasteiger partial charge in [0.2, 0.25) is 5.91 Å². The average molecular weight is 240 g/mol. The quantitative estimate of drug-likeness (QED) is 0.645. The van der Waals surface area contributed by atoms with Gasteiger partial charge in [0.15, 0.2) is 0 Å². The van der Waals surface area contributed by atoms with Crippen molar-refractivity contribution in [1.82, 2.24) is 0 Å². The molecule has 1 aromatic rings. The van der Waals surface area contributed by atoms with Gasteiger partial charge in [-0.3, -0.25) is 14.9 Å². The summed E-state index contributed by atoms with van der Waals surface area (Å²) in [6.45, 7) is 0. The summed E-state index contributed by atoms with van der Waals surface area (Å²) < 4.78 is 0. The lowest BCUT2D eigenvalue weighted by Crippen LogP contribution is -2.10. The van der Waals surface area contributed by atoms with E-state index in [-0.39, 0.29) is 17.1 Å². The van der Waals surface area contributed by atoms with Gasteiger partial charge < -0.3 is 5.32 Å². The second kappa shape index (κ2) is 5.09. The summed E-state index contributed by atoms with van der Waals surface area (Å²) in [7, 11) is 0. The number of anilines is 1. The number of halogens is 1. The van der Waals surface area contributed by atoms with Crippen LogP contribution in [0.25, 0.3) is 0 Å². The number of nitro benzene ring substituents is 1. The summed E-state index contributed by atoms with van der Waals surface area (Å²) in [5.41, 5.74) is 0.0794. The van der Waals surface area contributed by atoms with Crippen molar-refractivity contribution in [3.63, 3.8) is 0 Å². The molecule has 0 aliphatic heterocycles. The summed E-state index contributed by atoms with van der Waals surface area (Å²) >= 11 is 5.63. The Hall–Kier alpha value is -2.13. The molecule has 1 rings (SSSR count). The standard InChI is InChI=1S/C9H6ClN3O3/c10-7-5-6(12-9(14)3-4-11)1-2-8(7)13(15)16/h1-2,5H,3H2,(H,12,14). The van der Waals surface area contributed by atoms with Crippen LogP contribution in [0.15, 0.2) is 18.2 Å². The molecule has 0 fully saturated rings. The highest BCUT2D eigenvalue weighted by Gasteiger charge is 2.12. The van der Waals surface area contributed by atoms with Gasteiger partial charge in [-0.25, -0.2) is 0 Å². The van der Waals surface area contributed by atoms with Gasteiger partial charge in [-0.15, -0.1) is 0 Å². The van der Waals surface area contributed by atoms with Gasteiger partial charge in [-0.05, 0) is 12.1 Å². The van der Waals surface area contributed by atoms with Crippen LogP contribution in [0.2, 0.25) is 5.02 Å². The van der Waals surface area contributed by atoms with Crippen LogP contribution < -0.4 is 5.32 Å². The lowest BCUT2D eigenvalue weighted by molar-refractivity contribution is -0.384. The third-order valence-electron chi connectivity index (χ3n) is 1.67. The zero-order valence-electron chi connectivity index (χ0n) is 7.94. The molecule has 0 spiro atoms. The third kappa shape index (κ3) is 2.93. The number of nitrogens with one attached hydrogen (secondary N) is 1. The van der Waals surface area contributed by atoms with E-state index in [0.717, 1.165) is 0 Å². The molecule has 7 heteroatoms. The maximum absolute atomic E-state index is 11.0. The number of carbonyl (C=O) groups is 1. The Kier molecular flexibility index (Phi) is 3.80. The van der Waals surface area contributed by atoms with Crippen LogP contribution in [0.5, 0.6) is 0 Å². The minimum absolute atomic E-state index is 0.0697. The van der Waals surface area contributed by atoms with Crippen LogP contribution in [0, 0.1) is 21.4 Å². The zero-order chi connectivity index (χ0) is 12.1. The Morgan fingerprint density at radius 3 is 2.81 bits per heavy atom. The molecule has 0 aliphatic carbocycles. The SMILES string of the molecule is N#CCC(=O)Nc1ccc([N+](=O)[O-])c(Cl)c1. The molecule has 16 heavy (non-hydrogen) atoms. The molecule has 82 valence electrons. The molecule has 0 bridgehead atoms. The molecule has 0 aromatic heterocycles. The van der Waals surface area contributed by atoms with Crippen LogP contribution in [-0.2, 0) is 4.79 Å². The fourth-order valence-electron chi connectivity index (χ4n) is 1.01. The molecule has 0 atom stereocenters. The molecule has 1 aromatic carbocycles. The highest BCUT2D eigenvalue weighted by molar-refractivity contribution is 6.33. The van der Waals surface area contributed by atoms with Crippen LogP contribution in [0.1, 0.15) is 6.42 Å².